The van der Waals surface area contributed by atoms with Gasteiger partial charge in [-0.05, 0) is 18.6 Å². The van der Waals surface area contributed by atoms with Crippen molar-refractivity contribution in [2.45, 2.75) is 17.9 Å². The predicted molar refractivity (Wildman–Crippen MR) is 64.0 cm³/mol. The van der Waals surface area contributed by atoms with Gasteiger partial charge in [0.2, 0.25) is 5.91 Å². The van der Waals surface area contributed by atoms with Crippen molar-refractivity contribution in [3.63, 3.8) is 0 Å². The minimum Gasteiger partial charge on any atom is -0.396 e. The number of sulfone groups is 1. The molecule has 0 aliphatic carbocycles. The van der Waals surface area contributed by atoms with Crippen molar-refractivity contribution in [1.29, 1.82) is 0 Å². The van der Waals surface area contributed by atoms with Gasteiger partial charge in [-0.3, -0.25) is 4.79 Å². The molecule has 0 atom stereocenters. The summed E-state index contributed by atoms with van der Waals surface area (Å²) in [6.07, 6.45) is 1.79. The number of pyridine rings is 1. The third kappa shape index (κ3) is 3.70. The summed E-state index contributed by atoms with van der Waals surface area (Å²) in [5.74, 6) is -0.323. The lowest BCUT2D eigenvalue weighted by atomic mass is 10.3. The summed E-state index contributed by atoms with van der Waals surface area (Å²) in [6, 6.07) is 3.05. The Labute approximate surface area is 100 Å². The smallest absolute Gasteiger partial charge is 0.219 e. The molecular weight excluding hydrogens is 242 g/mol. The molecule has 0 fully saturated rings. The summed E-state index contributed by atoms with van der Waals surface area (Å²) in [7, 11) is -2.00. The molecule has 3 N–H and O–H groups in total. The molecule has 1 heterocycles. The van der Waals surface area contributed by atoms with Gasteiger partial charge < -0.3 is 11.1 Å². The lowest BCUT2D eigenvalue weighted by Crippen LogP contribution is -2.19. The number of amides is 1. The van der Waals surface area contributed by atoms with Gasteiger partial charge in [0.25, 0.3) is 0 Å². The fourth-order valence-corrected chi connectivity index (χ4v) is 2.67. The van der Waals surface area contributed by atoms with Gasteiger partial charge in [0.15, 0.2) is 14.9 Å². The van der Waals surface area contributed by atoms with Crippen LogP contribution in [0.2, 0.25) is 0 Å². The van der Waals surface area contributed by atoms with E-state index in [9.17, 15) is 13.2 Å². The van der Waals surface area contributed by atoms with E-state index in [1.54, 1.807) is 6.07 Å². The van der Waals surface area contributed by atoms with Crippen molar-refractivity contribution in [3.8, 4) is 0 Å². The second kappa shape index (κ2) is 5.62. The molecule has 0 aliphatic rings. The van der Waals surface area contributed by atoms with Crippen molar-refractivity contribution in [2.75, 3.05) is 18.5 Å². The van der Waals surface area contributed by atoms with Crippen molar-refractivity contribution >= 4 is 21.4 Å². The highest BCUT2D eigenvalue weighted by molar-refractivity contribution is 7.91. The fourth-order valence-electron chi connectivity index (χ4n) is 1.31. The van der Waals surface area contributed by atoms with E-state index in [2.05, 4.69) is 10.3 Å². The van der Waals surface area contributed by atoms with Crippen LogP contribution < -0.4 is 11.1 Å². The van der Waals surface area contributed by atoms with Gasteiger partial charge in [-0.15, -0.1) is 0 Å². The van der Waals surface area contributed by atoms with E-state index in [0.29, 0.717) is 0 Å². The van der Waals surface area contributed by atoms with Crippen LogP contribution in [0.1, 0.15) is 12.8 Å². The number of carbonyl (C=O) groups excluding carboxylic acids is 1. The van der Waals surface area contributed by atoms with Crippen LogP contribution in [-0.4, -0.2) is 32.1 Å². The molecule has 0 aliphatic heterocycles. The number of aromatic nitrogens is 1. The first kappa shape index (κ1) is 13.4. The third-order valence-electron chi connectivity index (χ3n) is 2.19. The molecule has 1 amide bonds. The van der Waals surface area contributed by atoms with E-state index in [0.717, 1.165) is 0 Å². The summed E-state index contributed by atoms with van der Waals surface area (Å²) in [5.41, 5.74) is 5.68. The second-order valence-electron chi connectivity index (χ2n) is 3.49. The average Bonchev–Trinajstić information content (AvgIpc) is 2.28. The van der Waals surface area contributed by atoms with Gasteiger partial charge in [-0.1, -0.05) is 0 Å². The first-order valence-electron chi connectivity index (χ1n) is 5.11. The Morgan fingerprint density at radius 2 is 2.24 bits per heavy atom. The molecule has 1 aromatic heterocycles. The maximum absolute atomic E-state index is 11.8. The highest BCUT2D eigenvalue weighted by Gasteiger charge is 2.18. The number of nitrogens with zero attached hydrogens (tertiary/aromatic N) is 1. The van der Waals surface area contributed by atoms with E-state index in [-0.39, 0.29) is 35.2 Å². The number of hydrogen-bond donors (Lipinski definition) is 2. The number of rotatable bonds is 5. The molecule has 17 heavy (non-hydrogen) atoms. The summed E-state index contributed by atoms with van der Waals surface area (Å²) in [6.45, 7) is 0. The van der Waals surface area contributed by atoms with Crippen LogP contribution in [0.25, 0.3) is 0 Å². The zero-order valence-corrected chi connectivity index (χ0v) is 10.3. The van der Waals surface area contributed by atoms with Gasteiger partial charge >= 0.3 is 0 Å². The number of nitrogens with two attached hydrogens (primary N) is 1. The van der Waals surface area contributed by atoms with Crippen molar-refractivity contribution in [1.82, 2.24) is 10.3 Å². The molecule has 1 aromatic rings. The van der Waals surface area contributed by atoms with Crippen LogP contribution in [0.5, 0.6) is 0 Å². The van der Waals surface area contributed by atoms with Crippen molar-refractivity contribution in [2.24, 2.45) is 0 Å². The number of carbonyl (C=O) groups is 1. The van der Waals surface area contributed by atoms with E-state index in [1.165, 1.54) is 19.3 Å². The molecule has 6 nitrogen and oxygen atoms in total. The molecular formula is C10H15N3O3S. The minimum atomic E-state index is -3.51. The first-order chi connectivity index (χ1) is 7.97. The van der Waals surface area contributed by atoms with Gasteiger partial charge in [-0.2, -0.15) is 0 Å². The van der Waals surface area contributed by atoms with Gasteiger partial charge in [0, 0.05) is 19.7 Å². The van der Waals surface area contributed by atoms with E-state index in [1.807, 2.05) is 0 Å². The molecule has 0 bridgehead atoms. The predicted octanol–water partition coefficient (Wildman–Crippen LogP) is -0.0363. The Bertz CT molecular complexity index is 499. The Morgan fingerprint density at radius 3 is 2.82 bits per heavy atom. The number of nitrogen functional groups attached to an aromatic ring is 1. The van der Waals surface area contributed by atoms with E-state index < -0.39 is 9.84 Å². The summed E-state index contributed by atoms with van der Waals surface area (Å²) < 4.78 is 23.7. The summed E-state index contributed by atoms with van der Waals surface area (Å²) >= 11 is 0. The SMILES string of the molecule is CNC(=O)CCCS(=O)(=O)c1ncccc1N. The molecule has 94 valence electrons. The topological polar surface area (TPSA) is 102 Å². The van der Waals surface area contributed by atoms with Gasteiger partial charge in [0.1, 0.15) is 0 Å². The maximum Gasteiger partial charge on any atom is 0.219 e. The standard InChI is InChI=1S/C10H15N3O3S/c1-12-9(14)5-3-7-17(15,16)10-8(11)4-2-6-13-10/h2,4,6H,3,5,7,11H2,1H3,(H,12,14). The lowest BCUT2D eigenvalue weighted by Gasteiger charge is -2.05. The second-order valence-corrected chi connectivity index (χ2v) is 5.52. The van der Waals surface area contributed by atoms with Crippen LogP contribution in [0.15, 0.2) is 23.4 Å². The molecule has 1 rings (SSSR count). The fraction of sp³-hybridized carbons (Fsp3) is 0.400. The Morgan fingerprint density at radius 1 is 1.53 bits per heavy atom. The van der Waals surface area contributed by atoms with E-state index in [4.69, 9.17) is 5.73 Å². The molecule has 7 heteroatoms. The highest BCUT2D eigenvalue weighted by Crippen LogP contribution is 2.16. The highest BCUT2D eigenvalue weighted by atomic mass is 32.2. The average molecular weight is 257 g/mol. The third-order valence-corrected chi connectivity index (χ3v) is 3.95. The van der Waals surface area contributed by atoms with Gasteiger partial charge in [0.05, 0.1) is 11.4 Å². The Balaban J connectivity index is 2.70. The number of hydrogen-bond acceptors (Lipinski definition) is 5. The van der Waals surface area contributed by atoms with Crippen molar-refractivity contribution in [3.05, 3.63) is 18.3 Å². The molecule has 0 saturated carbocycles. The lowest BCUT2D eigenvalue weighted by molar-refractivity contribution is -0.120. The zero-order valence-electron chi connectivity index (χ0n) is 9.51. The monoisotopic (exact) mass is 257 g/mol. The van der Waals surface area contributed by atoms with Crippen LogP contribution >= 0.6 is 0 Å². The minimum absolute atomic E-state index is 0.114. The van der Waals surface area contributed by atoms with Crippen LogP contribution in [-0.2, 0) is 14.6 Å². The van der Waals surface area contributed by atoms with E-state index >= 15 is 0 Å². The van der Waals surface area contributed by atoms with Crippen LogP contribution in [0.4, 0.5) is 5.69 Å². The molecule has 0 saturated heterocycles. The van der Waals surface area contributed by atoms with Crippen molar-refractivity contribution < 1.29 is 13.2 Å². The zero-order chi connectivity index (χ0) is 12.9. The molecule has 0 spiro atoms. The normalized spacial score (nSPS) is 11.1. The first-order valence-corrected chi connectivity index (χ1v) is 6.76. The number of anilines is 1. The van der Waals surface area contributed by atoms with Crippen LogP contribution in [0.3, 0.4) is 0 Å². The van der Waals surface area contributed by atoms with Crippen LogP contribution in [0, 0.1) is 0 Å². The Kier molecular flexibility index (Phi) is 4.45. The maximum atomic E-state index is 11.8. The molecule has 0 aromatic carbocycles. The van der Waals surface area contributed by atoms with Gasteiger partial charge in [-0.25, -0.2) is 13.4 Å². The summed E-state index contributed by atoms with van der Waals surface area (Å²) in [5, 5.41) is 2.31. The number of nitrogens with one attached hydrogen (secondary N) is 1. The summed E-state index contributed by atoms with van der Waals surface area (Å²) in [4.78, 5) is 14.7. The quantitative estimate of drug-likeness (QED) is 0.770. The Hall–Kier alpha value is -1.63. The molecule has 0 radical (unpaired) electrons. The largest absolute Gasteiger partial charge is 0.396 e. The molecule has 0 unspecified atom stereocenters.